The smallest absolute Gasteiger partial charge is 0.371 e. The summed E-state index contributed by atoms with van der Waals surface area (Å²) in [6.07, 6.45) is 0. The Morgan fingerprint density at radius 1 is 1.14 bits per heavy atom. The van der Waals surface area contributed by atoms with Crippen LogP contribution in [0.2, 0.25) is 0 Å². The second-order valence-corrected chi connectivity index (χ2v) is 4.92. The number of carboxylic acids is 1. The Bertz CT molecular complexity index is 674. The van der Waals surface area contributed by atoms with E-state index in [1.165, 1.54) is 17.0 Å². The maximum Gasteiger partial charge on any atom is 0.371 e. The van der Waals surface area contributed by atoms with Gasteiger partial charge < -0.3 is 14.4 Å². The molecule has 1 aromatic carbocycles. The molecule has 0 unspecified atom stereocenters. The van der Waals surface area contributed by atoms with E-state index in [9.17, 15) is 9.59 Å². The van der Waals surface area contributed by atoms with Gasteiger partial charge in [-0.2, -0.15) is 0 Å². The van der Waals surface area contributed by atoms with Crippen LogP contribution in [0, 0.1) is 6.92 Å². The zero-order valence-electron chi connectivity index (χ0n) is 12.2. The Kier molecular flexibility index (Phi) is 4.12. The van der Waals surface area contributed by atoms with E-state index in [0.29, 0.717) is 0 Å². The van der Waals surface area contributed by atoms with Crippen LogP contribution < -0.4 is 0 Å². The highest BCUT2D eigenvalue weighted by atomic mass is 16.4. The van der Waals surface area contributed by atoms with Crippen molar-refractivity contribution in [2.24, 2.45) is 0 Å². The Labute approximate surface area is 122 Å². The normalized spacial score (nSPS) is 12.0. The second-order valence-electron chi connectivity index (χ2n) is 4.92. The number of carbonyl (C=O) groups excluding carboxylic acids is 1. The maximum atomic E-state index is 12.3. The van der Waals surface area contributed by atoms with Crippen molar-refractivity contribution in [3.8, 4) is 0 Å². The van der Waals surface area contributed by atoms with Crippen LogP contribution in [-0.2, 0) is 0 Å². The Morgan fingerprint density at radius 2 is 1.76 bits per heavy atom. The number of carboxylic acid groups (broad SMARTS) is 1. The molecule has 1 N–H and O–H groups in total. The van der Waals surface area contributed by atoms with E-state index in [1.54, 1.807) is 7.05 Å². The van der Waals surface area contributed by atoms with Crippen LogP contribution in [0.3, 0.4) is 0 Å². The van der Waals surface area contributed by atoms with Crippen LogP contribution >= 0.6 is 0 Å². The van der Waals surface area contributed by atoms with Gasteiger partial charge in [0, 0.05) is 7.05 Å². The van der Waals surface area contributed by atoms with Gasteiger partial charge in [0.05, 0.1) is 6.04 Å². The number of rotatable bonds is 4. The fraction of sp³-hybridized carbons (Fsp3) is 0.250. The van der Waals surface area contributed by atoms with Crippen molar-refractivity contribution in [3.05, 3.63) is 59.0 Å². The van der Waals surface area contributed by atoms with Crippen molar-refractivity contribution in [2.45, 2.75) is 19.9 Å². The zero-order chi connectivity index (χ0) is 15.6. The molecule has 0 aliphatic carbocycles. The van der Waals surface area contributed by atoms with E-state index in [0.717, 1.165) is 11.1 Å². The second kappa shape index (κ2) is 5.83. The van der Waals surface area contributed by atoms with Crippen molar-refractivity contribution in [1.29, 1.82) is 0 Å². The quantitative estimate of drug-likeness (QED) is 0.937. The molecule has 0 aliphatic heterocycles. The summed E-state index contributed by atoms with van der Waals surface area (Å²) in [7, 11) is 1.67. The molecule has 0 saturated heterocycles. The molecule has 1 heterocycles. The summed E-state index contributed by atoms with van der Waals surface area (Å²) in [6.45, 7) is 3.90. The Balaban J connectivity index is 2.22. The summed E-state index contributed by atoms with van der Waals surface area (Å²) < 4.78 is 5.05. The number of furan rings is 1. The van der Waals surface area contributed by atoms with Crippen molar-refractivity contribution >= 4 is 11.9 Å². The summed E-state index contributed by atoms with van der Waals surface area (Å²) in [5, 5.41) is 8.82. The molecular weight excluding hydrogens is 270 g/mol. The van der Waals surface area contributed by atoms with Crippen LogP contribution in [0.5, 0.6) is 0 Å². The molecule has 5 heteroatoms. The number of aryl methyl sites for hydroxylation is 1. The third-order valence-electron chi connectivity index (χ3n) is 3.57. The SMILES string of the molecule is Cc1ccccc1[C@@H](C)N(C)C(=O)c1ccc(C(=O)O)o1. The lowest BCUT2D eigenvalue weighted by molar-refractivity contribution is 0.0647. The lowest BCUT2D eigenvalue weighted by Gasteiger charge is -2.25. The molecule has 1 atom stereocenters. The fourth-order valence-corrected chi connectivity index (χ4v) is 2.18. The molecule has 110 valence electrons. The van der Waals surface area contributed by atoms with Crippen molar-refractivity contribution in [1.82, 2.24) is 4.90 Å². The zero-order valence-corrected chi connectivity index (χ0v) is 12.2. The predicted molar refractivity (Wildman–Crippen MR) is 77.4 cm³/mol. The third-order valence-corrected chi connectivity index (χ3v) is 3.57. The summed E-state index contributed by atoms with van der Waals surface area (Å²) >= 11 is 0. The minimum atomic E-state index is -1.19. The monoisotopic (exact) mass is 287 g/mol. The lowest BCUT2D eigenvalue weighted by atomic mass is 10.0. The number of hydrogen-bond acceptors (Lipinski definition) is 3. The summed E-state index contributed by atoms with van der Waals surface area (Å²) in [5.74, 6) is -1.76. The summed E-state index contributed by atoms with van der Waals surface area (Å²) in [6, 6.07) is 10.3. The standard InChI is InChI=1S/C16H17NO4/c1-10-6-4-5-7-12(10)11(2)17(3)15(18)13-8-9-14(21-13)16(19)20/h4-9,11H,1-3H3,(H,19,20)/t11-/m1/s1. The molecule has 0 saturated carbocycles. The number of benzene rings is 1. The van der Waals surface area contributed by atoms with Crippen LogP contribution in [0.1, 0.15) is 45.2 Å². The van der Waals surface area contributed by atoms with Gasteiger partial charge in [0.15, 0.2) is 5.76 Å². The molecule has 2 rings (SSSR count). The van der Waals surface area contributed by atoms with Gasteiger partial charge in [-0.25, -0.2) is 4.79 Å². The topological polar surface area (TPSA) is 70.8 Å². The van der Waals surface area contributed by atoms with E-state index in [4.69, 9.17) is 9.52 Å². The highest BCUT2D eigenvalue weighted by Gasteiger charge is 2.23. The number of aromatic carboxylic acids is 1. The number of carbonyl (C=O) groups is 2. The molecule has 5 nitrogen and oxygen atoms in total. The van der Waals surface area contributed by atoms with E-state index in [1.807, 2.05) is 38.1 Å². The summed E-state index contributed by atoms with van der Waals surface area (Å²) in [4.78, 5) is 24.7. The average Bonchev–Trinajstić information content (AvgIpc) is 2.95. The van der Waals surface area contributed by atoms with E-state index in [-0.39, 0.29) is 23.5 Å². The minimum Gasteiger partial charge on any atom is -0.475 e. The molecule has 1 aromatic heterocycles. The minimum absolute atomic E-state index is 0.0235. The number of hydrogen-bond donors (Lipinski definition) is 1. The molecule has 21 heavy (non-hydrogen) atoms. The van der Waals surface area contributed by atoms with Crippen LogP contribution in [0.15, 0.2) is 40.8 Å². The van der Waals surface area contributed by atoms with E-state index >= 15 is 0 Å². The van der Waals surface area contributed by atoms with Crippen LogP contribution in [0.4, 0.5) is 0 Å². The highest BCUT2D eigenvalue weighted by molar-refractivity contribution is 5.93. The Hall–Kier alpha value is -2.56. The number of amides is 1. The van der Waals surface area contributed by atoms with Gasteiger partial charge in [0.25, 0.3) is 5.91 Å². The van der Waals surface area contributed by atoms with Crippen molar-refractivity contribution in [3.63, 3.8) is 0 Å². The van der Waals surface area contributed by atoms with E-state index < -0.39 is 5.97 Å². The third kappa shape index (κ3) is 2.97. The molecule has 2 aromatic rings. The highest BCUT2D eigenvalue weighted by Crippen LogP contribution is 2.24. The largest absolute Gasteiger partial charge is 0.475 e. The first-order valence-corrected chi connectivity index (χ1v) is 6.57. The van der Waals surface area contributed by atoms with Crippen LogP contribution in [-0.4, -0.2) is 28.9 Å². The van der Waals surface area contributed by atoms with Gasteiger partial charge >= 0.3 is 5.97 Å². The number of nitrogens with zero attached hydrogens (tertiary/aromatic N) is 1. The van der Waals surface area contributed by atoms with Gasteiger partial charge in [-0.15, -0.1) is 0 Å². The Morgan fingerprint density at radius 3 is 2.33 bits per heavy atom. The van der Waals surface area contributed by atoms with Gasteiger partial charge in [-0.05, 0) is 37.1 Å². The van der Waals surface area contributed by atoms with E-state index in [2.05, 4.69) is 0 Å². The molecule has 0 fully saturated rings. The summed E-state index contributed by atoms with van der Waals surface area (Å²) in [5.41, 5.74) is 2.13. The molecule has 0 bridgehead atoms. The molecule has 1 amide bonds. The van der Waals surface area contributed by atoms with Gasteiger partial charge in [0.2, 0.25) is 5.76 Å². The first kappa shape index (κ1) is 14.8. The molecule has 0 spiro atoms. The molecule has 0 aliphatic rings. The molecule has 0 radical (unpaired) electrons. The molecular formula is C16H17NO4. The predicted octanol–water partition coefficient (Wildman–Crippen LogP) is 3.12. The van der Waals surface area contributed by atoms with Crippen molar-refractivity contribution in [2.75, 3.05) is 7.05 Å². The lowest BCUT2D eigenvalue weighted by Crippen LogP contribution is -2.29. The fourth-order valence-electron chi connectivity index (χ4n) is 2.18. The maximum absolute atomic E-state index is 12.3. The van der Waals surface area contributed by atoms with Crippen molar-refractivity contribution < 1.29 is 19.1 Å². The first-order valence-electron chi connectivity index (χ1n) is 6.57. The van der Waals surface area contributed by atoms with Gasteiger partial charge in [-0.3, -0.25) is 4.79 Å². The van der Waals surface area contributed by atoms with Gasteiger partial charge in [-0.1, -0.05) is 24.3 Å². The first-order chi connectivity index (χ1) is 9.91. The average molecular weight is 287 g/mol. The van der Waals surface area contributed by atoms with Gasteiger partial charge in [0.1, 0.15) is 0 Å². The van der Waals surface area contributed by atoms with Crippen LogP contribution in [0.25, 0.3) is 0 Å².